The Labute approximate surface area is 78.0 Å². The predicted octanol–water partition coefficient (Wildman–Crippen LogP) is 1.65. The highest BCUT2D eigenvalue weighted by atomic mass is 16.6. The zero-order valence-corrected chi connectivity index (χ0v) is 7.95. The SMILES string of the molecule is C=CCOC1=CC(=O)O[C@@H]1C(C)C. The minimum Gasteiger partial charge on any atom is -0.490 e. The molecule has 0 unspecified atom stereocenters. The first-order valence-corrected chi connectivity index (χ1v) is 4.31. The third kappa shape index (κ3) is 2.34. The van der Waals surface area contributed by atoms with Crippen molar-refractivity contribution in [2.24, 2.45) is 5.92 Å². The summed E-state index contributed by atoms with van der Waals surface area (Å²) >= 11 is 0. The summed E-state index contributed by atoms with van der Waals surface area (Å²) in [5.74, 6) is 0.528. The van der Waals surface area contributed by atoms with Crippen LogP contribution in [0.4, 0.5) is 0 Å². The average Bonchev–Trinajstić information content (AvgIpc) is 2.43. The molecule has 72 valence electrons. The summed E-state index contributed by atoms with van der Waals surface area (Å²) in [6.07, 6.45) is 2.81. The molecule has 13 heavy (non-hydrogen) atoms. The second kappa shape index (κ2) is 4.12. The van der Waals surface area contributed by atoms with E-state index in [-0.39, 0.29) is 18.0 Å². The van der Waals surface area contributed by atoms with Gasteiger partial charge in [0.25, 0.3) is 0 Å². The Morgan fingerprint density at radius 1 is 1.77 bits per heavy atom. The molecule has 3 nitrogen and oxygen atoms in total. The van der Waals surface area contributed by atoms with Gasteiger partial charge in [0.1, 0.15) is 12.4 Å². The fourth-order valence-corrected chi connectivity index (χ4v) is 1.16. The number of esters is 1. The lowest BCUT2D eigenvalue weighted by Crippen LogP contribution is -2.20. The molecule has 0 radical (unpaired) electrons. The Hall–Kier alpha value is -1.25. The zero-order chi connectivity index (χ0) is 9.84. The molecule has 0 saturated carbocycles. The van der Waals surface area contributed by atoms with E-state index in [1.807, 2.05) is 13.8 Å². The van der Waals surface area contributed by atoms with E-state index in [1.165, 1.54) is 6.08 Å². The van der Waals surface area contributed by atoms with Gasteiger partial charge in [0.15, 0.2) is 6.10 Å². The Balaban J connectivity index is 2.62. The molecular formula is C10H14O3. The summed E-state index contributed by atoms with van der Waals surface area (Å²) in [6, 6.07) is 0. The van der Waals surface area contributed by atoms with Gasteiger partial charge >= 0.3 is 5.97 Å². The van der Waals surface area contributed by atoms with Crippen LogP contribution in [-0.2, 0) is 14.3 Å². The van der Waals surface area contributed by atoms with E-state index in [9.17, 15) is 4.79 Å². The summed E-state index contributed by atoms with van der Waals surface area (Å²) in [6.45, 7) is 7.90. The largest absolute Gasteiger partial charge is 0.490 e. The highest BCUT2D eigenvalue weighted by molar-refractivity contribution is 5.85. The highest BCUT2D eigenvalue weighted by Crippen LogP contribution is 2.23. The van der Waals surface area contributed by atoms with E-state index in [0.717, 1.165) is 0 Å². The van der Waals surface area contributed by atoms with Gasteiger partial charge in [-0.05, 0) is 5.92 Å². The first kappa shape index (κ1) is 9.84. The maximum absolute atomic E-state index is 10.9. The molecule has 0 bridgehead atoms. The summed E-state index contributed by atoms with van der Waals surface area (Å²) in [5, 5.41) is 0. The first-order chi connectivity index (χ1) is 6.15. The molecule has 0 amide bonds. The number of ether oxygens (including phenoxy) is 2. The summed E-state index contributed by atoms with van der Waals surface area (Å²) < 4.78 is 10.3. The molecule has 0 aliphatic carbocycles. The van der Waals surface area contributed by atoms with Crippen molar-refractivity contribution in [2.45, 2.75) is 20.0 Å². The summed E-state index contributed by atoms with van der Waals surface area (Å²) in [4.78, 5) is 10.9. The van der Waals surface area contributed by atoms with Crippen LogP contribution in [0.15, 0.2) is 24.5 Å². The van der Waals surface area contributed by atoms with Crippen LogP contribution in [0.1, 0.15) is 13.8 Å². The lowest BCUT2D eigenvalue weighted by molar-refractivity contribution is -0.141. The summed E-state index contributed by atoms with van der Waals surface area (Å²) in [5.41, 5.74) is 0. The van der Waals surface area contributed by atoms with Crippen molar-refractivity contribution in [3.63, 3.8) is 0 Å². The molecule has 0 fully saturated rings. The van der Waals surface area contributed by atoms with Crippen molar-refractivity contribution in [1.82, 2.24) is 0 Å². The molecule has 1 aliphatic heterocycles. The van der Waals surface area contributed by atoms with Crippen LogP contribution in [0.3, 0.4) is 0 Å². The van der Waals surface area contributed by atoms with Gasteiger partial charge in [-0.1, -0.05) is 26.5 Å². The van der Waals surface area contributed by atoms with Gasteiger partial charge in [0.05, 0.1) is 6.08 Å². The van der Waals surface area contributed by atoms with Crippen LogP contribution in [0.2, 0.25) is 0 Å². The fourth-order valence-electron chi connectivity index (χ4n) is 1.16. The van der Waals surface area contributed by atoms with Crippen molar-refractivity contribution in [3.8, 4) is 0 Å². The van der Waals surface area contributed by atoms with E-state index in [4.69, 9.17) is 9.47 Å². The van der Waals surface area contributed by atoms with E-state index in [0.29, 0.717) is 12.4 Å². The molecule has 0 aromatic heterocycles. The minimum atomic E-state index is -0.322. The molecule has 0 aromatic rings. The first-order valence-electron chi connectivity index (χ1n) is 4.31. The topological polar surface area (TPSA) is 35.5 Å². The van der Waals surface area contributed by atoms with Crippen LogP contribution in [0, 0.1) is 5.92 Å². The van der Waals surface area contributed by atoms with E-state index in [2.05, 4.69) is 6.58 Å². The smallest absolute Gasteiger partial charge is 0.335 e. The lowest BCUT2D eigenvalue weighted by atomic mass is 10.1. The van der Waals surface area contributed by atoms with Crippen LogP contribution >= 0.6 is 0 Å². The molecule has 1 rings (SSSR count). The van der Waals surface area contributed by atoms with E-state index in [1.54, 1.807) is 6.08 Å². The van der Waals surface area contributed by atoms with Crippen LogP contribution in [0.25, 0.3) is 0 Å². The molecular weight excluding hydrogens is 168 g/mol. The Morgan fingerprint density at radius 2 is 2.46 bits per heavy atom. The maximum Gasteiger partial charge on any atom is 0.335 e. The van der Waals surface area contributed by atoms with Crippen LogP contribution < -0.4 is 0 Å². The van der Waals surface area contributed by atoms with Crippen molar-refractivity contribution >= 4 is 5.97 Å². The van der Waals surface area contributed by atoms with E-state index < -0.39 is 0 Å². The average molecular weight is 182 g/mol. The van der Waals surface area contributed by atoms with Crippen molar-refractivity contribution in [3.05, 3.63) is 24.5 Å². The van der Waals surface area contributed by atoms with Gasteiger partial charge in [-0.15, -0.1) is 0 Å². The van der Waals surface area contributed by atoms with Crippen LogP contribution in [0.5, 0.6) is 0 Å². The predicted molar refractivity (Wildman–Crippen MR) is 49.0 cm³/mol. The molecule has 0 aromatic carbocycles. The van der Waals surface area contributed by atoms with Crippen molar-refractivity contribution < 1.29 is 14.3 Å². The highest BCUT2D eigenvalue weighted by Gasteiger charge is 2.30. The number of carbonyl (C=O) groups is 1. The Morgan fingerprint density at radius 3 is 3.00 bits per heavy atom. The van der Waals surface area contributed by atoms with Gasteiger partial charge in [-0.25, -0.2) is 4.79 Å². The second-order valence-electron chi connectivity index (χ2n) is 3.25. The molecule has 1 atom stereocenters. The molecule has 3 heteroatoms. The van der Waals surface area contributed by atoms with Crippen LogP contribution in [-0.4, -0.2) is 18.7 Å². The number of cyclic esters (lactones) is 1. The van der Waals surface area contributed by atoms with E-state index >= 15 is 0 Å². The van der Waals surface area contributed by atoms with Gasteiger partial charge < -0.3 is 9.47 Å². The number of rotatable bonds is 4. The van der Waals surface area contributed by atoms with Crippen molar-refractivity contribution in [2.75, 3.05) is 6.61 Å². The Bertz CT molecular complexity index is 241. The minimum absolute atomic E-state index is 0.229. The summed E-state index contributed by atoms with van der Waals surface area (Å²) in [7, 11) is 0. The maximum atomic E-state index is 10.9. The van der Waals surface area contributed by atoms with Gasteiger partial charge in [0, 0.05) is 0 Å². The normalized spacial score (nSPS) is 21.3. The van der Waals surface area contributed by atoms with Gasteiger partial charge in [0.2, 0.25) is 0 Å². The Kier molecular flexibility index (Phi) is 3.12. The third-order valence-corrected chi connectivity index (χ3v) is 1.76. The third-order valence-electron chi connectivity index (χ3n) is 1.76. The van der Waals surface area contributed by atoms with Gasteiger partial charge in [-0.2, -0.15) is 0 Å². The molecule has 0 N–H and O–H groups in total. The van der Waals surface area contributed by atoms with Crippen molar-refractivity contribution in [1.29, 1.82) is 0 Å². The number of carbonyl (C=O) groups excluding carboxylic acids is 1. The second-order valence-corrected chi connectivity index (χ2v) is 3.25. The zero-order valence-electron chi connectivity index (χ0n) is 7.95. The quantitative estimate of drug-likeness (QED) is 0.490. The van der Waals surface area contributed by atoms with Gasteiger partial charge in [-0.3, -0.25) is 0 Å². The lowest BCUT2D eigenvalue weighted by Gasteiger charge is -2.17. The molecule has 0 spiro atoms. The number of hydrogen-bond acceptors (Lipinski definition) is 3. The number of hydrogen-bond donors (Lipinski definition) is 0. The molecule has 0 saturated heterocycles. The molecule has 1 heterocycles. The molecule has 1 aliphatic rings. The fraction of sp³-hybridized carbons (Fsp3) is 0.500. The monoisotopic (exact) mass is 182 g/mol. The standard InChI is InChI=1S/C10H14O3/c1-4-5-12-8-6-9(11)13-10(8)7(2)3/h4,6-7,10H,1,5H2,2-3H3/t10-/m1/s1.